The monoisotopic (exact) mass is 416 g/mol. The van der Waals surface area contributed by atoms with Gasteiger partial charge < -0.3 is 19.7 Å². The van der Waals surface area contributed by atoms with Crippen molar-refractivity contribution in [1.82, 2.24) is 19.9 Å². The van der Waals surface area contributed by atoms with Gasteiger partial charge in [-0.3, -0.25) is 4.98 Å². The van der Waals surface area contributed by atoms with Gasteiger partial charge in [-0.2, -0.15) is 0 Å². The number of hydrogen-bond donors (Lipinski definition) is 2. The Morgan fingerprint density at radius 1 is 1.28 bits per heavy atom. The number of carbonyl (C=O) groups is 2. The first-order valence-electron chi connectivity index (χ1n) is 8.91. The number of aromatic carboxylic acids is 1. The van der Waals surface area contributed by atoms with Crippen LogP contribution in [0.15, 0.2) is 36.7 Å². The quantitative estimate of drug-likeness (QED) is 0.654. The number of benzene rings is 1. The van der Waals surface area contributed by atoms with E-state index < -0.39 is 17.7 Å². The number of imidazole rings is 1. The topological polar surface area (TPSA) is 106 Å². The Hall–Kier alpha value is -3.13. The fourth-order valence-electron chi connectivity index (χ4n) is 2.75. The van der Waals surface area contributed by atoms with Crippen LogP contribution in [0.4, 0.5) is 4.79 Å². The van der Waals surface area contributed by atoms with Gasteiger partial charge in [-0.15, -0.1) is 0 Å². The average molecular weight is 417 g/mol. The Balaban J connectivity index is 1.82. The minimum atomic E-state index is -1.14. The van der Waals surface area contributed by atoms with E-state index in [0.717, 1.165) is 16.5 Å². The summed E-state index contributed by atoms with van der Waals surface area (Å²) in [5, 5.41) is 13.3. The van der Waals surface area contributed by atoms with Crippen LogP contribution in [-0.4, -0.2) is 37.3 Å². The van der Waals surface area contributed by atoms with Crippen molar-refractivity contribution in [3.8, 4) is 0 Å². The van der Waals surface area contributed by atoms with Gasteiger partial charge >= 0.3 is 12.1 Å². The van der Waals surface area contributed by atoms with Gasteiger partial charge in [0.15, 0.2) is 5.69 Å². The van der Waals surface area contributed by atoms with Gasteiger partial charge in [-0.05, 0) is 44.5 Å². The minimum Gasteiger partial charge on any atom is -0.476 e. The number of rotatable bonds is 5. The molecule has 0 bridgehead atoms. The molecule has 0 aliphatic carbocycles. The molecule has 0 aliphatic heterocycles. The Bertz CT molecular complexity index is 1070. The van der Waals surface area contributed by atoms with E-state index >= 15 is 0 Å². The molecule has 0 fully saturated rings. The number of ether oxygens (including phenoxy) is 1. The van der Waals surface area contributed by atoms with E-state index in [1.54, 1.807) is 31.5 Å². The SMILES string of the molecule is CC(C)(C)OC(=O)NCc1nc(C(=O)O)cn1Cc1ccc2ncc(Cl)cc2c1. The van der Waals surface area contributed by atoms with Crippen LogP contribution in [-0.2, 0) is 17.8 Å². The average Bonchev–Trinajstić information content (AvgIpc) is 3.01. The maximum absolute atomic E-state index is 11.9. The number of carbonyl (C=O) groups excluding carboxylic acids is 1. The van der Waals surface area contributed by atoms with Crippen LogP contribution in [0.5, 0.6) is 0 Å². The number of alkyl carbamates (subject to hydrolysis) is 1. The second-order valence-corrected chi connectivity index (χ2v) is 7.95. The summed E-state index contributed by atoms with van der Waals surface area (Å²) < 4.78 is 6.89. The second kappa shape index (κ2) is 8.08. The highest BCUT2D eigenvalue weighted by atomic mass is 35.5. The van der Waals surface area contributed by atoms with Gasteiger partial charge in [0.05, 0.1) is 17.1 Å². The molecule has 3 rings (SSSR count). The number of halogens is 1. The number of nitrogens with zero attached hydrogens (tertiary/aromatic N) is 3. The molecular weight excluding hydrogens is 396 g/mol. The smallest absolute Gasteiger partial charge is 0.408 e. The van der Waals surface area contributed by atoms with Crippen molar-refractivity contribution < 1.29 is 19.4 Å². The maximum atomic E-state index is 11.9. The molecule has 2 aromatic heterocycles. The Morgan fingerprint density at radius 2 is 2.03 bits per heavy atom. The highest BCUT2D eigenvalue weighted by molar-refractivity contribution is 6.31. The molecule has 0 saturated heterocycles. The van der Waals surface area contributed by atoms with Crippen molar-refractivity contribution in [2.45, 2.75) is 39.5 Å². The van der Waals surface area contributed by atoms with Crippen LogP contribution in [0.2, 0.25) is 5.02 Å². The molecule has 1 aromatic carbocycles. The second-order valence-electron chi connectivity index (χ2n) is 7.51. The molecule has 3 aromatic rings. The van der Waals surface area contributed by atoms with Crippen LogP contribution >= 0.6 is 11.6 Å². The standard InChI is InChI=1S/C20H21ClN4O4/c1-20(2,3)29-19(28)23-9-17-24-16(18(26)27)11-25(17)10-12-4-5-15-13(6-12)7-14(21)8-22-15/h4-8,11H,9-10H2,1-3H3,(H,23,28)(H,26,27). The van der Waals surface area contributed by atoms with Gasteiger partial charge in [0.2, 0.25) is 0 Å². The lowest BCUT2D eigenvalue weighted by Gasteiger charge is -2.19. The highest BCUT2D eigenvalue weighted by Gasteiger charge is 2.18. The summed E-state index contributed by atoms with van der Waals surface area (Å²) in [5.74, 6) is -0.741. The summed E-state index contributed by atoms with van der Waals surface area (Å²) in [6.07, 6.45) is 2.42. The fraction of sp³-hybridized carbons (Fsp3) is 0.300. The molecule has 0 atom stereocenters. The third kappa shape index (κ3) is 5.45. The first-order chi connectivity index (χ1) is 13.6. The molecule has 2 N–H and O–H groups in total. The van der Waals surface area contributed by atoms with Gasteiger partial charge in [-0.25, -0.2) is 14.6 Å². The van der Waals surface area contributed by atoms with Crippen LogP contribution in [0, 0.1) is 0 Å². The van der Waals surface area contributed by atoms with Gasteiger partial charge in [-0.1, -0.05) is 17.7 Å². The lowest BCUT2D eigenvalue weighted by molar-refractivity contribution is 0.0521. The molecule has 9 heteroatoms. The number of pyridine rings is 1. The Morgan fingerprint density at radius 3 is 2.72 bits per heavy atom. The molecule has 0 aliphatic rings. The predicted molar refractivity (Wildman–Crippen MR) is 108 cm³/mol. The highest BCUT2D eigenvalue weighted by Crippen LogP contribution is 2.19. The number of aromatic nitrogens is 3. The van der Waals surface area contributed by atoms with Crippen molar-refractivity contribution in [3.05, 3.63) is 58.8 Å². The van der Waals surface area contributed by atoms with E-state index in [0.29, 0.717) is 17.4 Å². The molecule has 8 nitrogen and oxygen atoms in total. The van der Waals surface area contributed by atoms with E-state index in [1.807, 2.05) is 24.3 Å². The van der Waals surface area contributed by atoms with Crippen molar-refractivity contribution in [3.63, 3.8) is 0 Å². The molecular formula is C20H21ClN4O4. The molecule has 29 heavy (non-hydrogen) atoms. The summed E-state index contributed by atoms with van der Waals surface area (Å²) in [5.41, 5.74) is 0.985. The summed E-state index contributed by atoms with van der Waals surface area (Å²) in [4.78, 5) is 31.6. The van der Waals surface area contributed by atoms with Crippen molar-refractivity contribution in [1.29, 1.82) is 0 Å². The molecule has 1 amide bonds. The molecule has 0 radical (unpaired) electrons. The van der Waals surface area contributed by atoms with Gasteiger partial charge in [0.25, 0.3) is 0 Å². The molecule has 0 saturated carbocycles. The summed E-state index contributed by atoms with van der Waals surface area (Å²) in [6.45, 7) is 5.68. The van der Waals surface area contributed by atoms with Crippen molar-refractivity contribution >= 4 is 34.6 Å². The van der Waals surface area contributed by atoms with Crippen molar-refractivity contribution in [2.75, 3.05) is 0 Å². The van der Waals surface area contributed by atoms with Gasteiger partial charge in [0.1, 0.15) is 11.4 Å². The summed E-state index contributed by atoms with van der Waals surface area (Å²) in [7, 11) is 0. The normalized spacial score (nSPS) is 11.4. The lowest BCUT2D eigenvalue weighted by Crippen LogP contribution is -2.32. The first kappa shape index (κ1) is 20.6. The maximum Gasteiger partial charge on any atom is 0.408 e. The third-order valence-corrected chi connectivity index (χ3v) is 4.14. The Kier molecular flexibility index (Phi) is 5.74. The lowest BCUT2D eigenvalue weighted by atomic mass is 10.1. The number of hydrogen-bond acceptors (Lipinski definition) is 5. The van der Waals surface area contributed by atoms with Gasteiger partial charge in [0, 0.05) is 24.3 Å². The molecule has 0 unspecified atom stereocenters. The van der Waals surface area contributed by atoms with Crippen LogP contribution < -0.4 is 5.32 Å². The Labute approximate surface area is 172 Å². The number of nitrogens with one attached hydrogen (secondary N) is 1. The number of amides is 1. The zero-order valence-corrected chi connectivity index (χ0v) is 17.0. The summed E-state index contributed by atoms with van der Waals surface area (Å²) in [6, 6.07) is 7.51. The largest absolute Gasteiger partial charge is 0.476 e. The zero-order valence-electron chi connectivity index (χ0n) is 16.3. The first-order valence-corrected chi connectivity index (χ1v) is 9.29. The third-order valence-electron chi connectivity index (χ3n) is 3.93. The number of carboxylic acid groups (broad SMARTS) is 1. The molecule has 0 spiro atoms. The summed E-state index contributed by atoms with van der Waals surface area (Å²) >= 11 is 6.02. The fourth-order valence-corrected chi connectivity index (χ4v) is 2.92. The van der Waals surface area contributed by atoms with E-state index in [4.69, 9.17) is 16.3 Å². The van der Waals surface area contributed by atoms with Crippen LogP contribution in [0.25, 0.3) is 10.9 Å². The molecule has 2 heterocycles. The molecule has 152 valence electrons. The minimum absolute atomic E-state index is 0.0309. The van der Waals surface area contributed by atoms with Crippen molar-refractivity contribution in [2.24, 2.45) is 0 Å². The van der Waals surface area contributed by atoms with Crippen LogP contribution in [0.1, 0.15) is 42.6 Å². The predicted octanol–water partition coefficient (Wildman–Crippen LogP) is 3.86. The number of carboxylic acids is 1. The van der Waals surface area contributed by atoms with E-state index in [2.05, 4.69) is 15.3 Å². The van der Waals surface area contributed by atoms with E-state index in [1.165, 1.54) is 6.20 Å². The number of fused-ring (bicyclic) bond motifs is 1. The van der Waals surface area contributed by atoms with E-state index in [9.17, 15) is 14.7 Å². The van der Waals surface area contributed by atoms with Crippen LogP contribution in [0.3, 0.4) is 0 Å². The van der Waals surface area contributed by atoms with E-state index in [-0.39, 0.29) is 12.2 Å². The zero-order chi connectivity index (χ0) is 21.2.